The lowest BCUT2D eigenvalue weighted by Gasteiger charge is -2.05. The van der Waals surface area contributed by atoms with Gasteiger partial charge in [0.05, 0.1) is 12.3 Å². The maximum Gasteiger partial charge on any atom is 0.220 e. The van der Waals surface area contributed by atoms with Crippen molar-refractivity contribution >= 4 is 5.91 Å². The van der Waals surface area contributed by atoms with Crippen molar-refractivity contribution in [2.24, 2.45) is 0 Å². The van der Waals surface area contributed by atoms with Crippen LogP contribution in [0.2, 0.25) is 0 Å². The van der Waals surface area contributed by atoms with E-state index in [9.17, 15) is 9.18 Å². The number of aliphatic hydroxyl groups excluding tert-OH is 1. The fourth-order valence-electron chi connectivity index (χ4n) is 1.90. The minimum atomic E-state index is -0.426. The van der Waals surface area contributed by atoms with Crippen molar-refractivity contribution in [3.63, 3.8) is 0 Å². The highest BCUT2D eigenvalue weighted by atomic mass is 19.1. The molecular weight excluding hydrogens is 287 g/mol. The first-order valence-corrected chi connectivity index (χ1v) is 7.20. The van der Waals surface area contributed by atoms with Crippen LogP contribution in [0, 0.1) is 5.82 Å². The number of halogens is 1. The number of nitrogens with zero attached hydrogens (tertiary/aromatic N) is 1. The molecule has 0 fully saturated rings. The van der Waals surface area contributed by atoms with Gasteiger partial charge in [-0.1, -0.05) is 0 Å². The molecule has 1 aromatic carbocycles. The summed E-state index contributed by atoms with van der Waals surface area (Å²) >= 11 is 0. The Balaban J connectivity index is 1.82. The van der Waals surface area contributed by atoms with Gasteiger partial charge in [0.15, 0.2) is 11.7 Å². The van der Waals surface area contributed by atoms with Crippen molar-refractivity contribution in [2.45, 2.75) is 32.3 Å². The third-order valence-electron chi connectivity index (χ3n) is 3.13. The zero-order chi connectivity index (χ0) is 15.9. The average molecular weight is 306 g/mol. The molecule has 22 heavy (non-hydrogen) atoms. The minimum Gasteiger partial charge on any atom is -0.441 e. The first kappa shape index (κ1) is 16.2. The van der Waals surface area contributed by atoms with E-state index in [4.69, 9.17) is 9.52 Å². The lowest BCUT2D eigenvalue weighted by Crippen LogP contribution is -2.26. The van der Waals surface area contributed by atoms with Crippen molar-refractivity contribution in [3.8, 4) is 11.3 Å². The summed E-state index contributed by atoms with van der Waals surface area (Å²) in [6.07, 6.45) is 2.32. The number of carbonyl (C=O) groups is 1. The highest BCUT2D eigenvalue weighted by Crippen LogP contribution is 2.21. The number of rotatable bonds is 7. The molecule has 0 saturated heterocycles. The maximum atomic E-state index is 12.9. The minimum absolute atomic E-state index is 0.109. The topological polar surface area (TPSA) is 75.4 Å². The SMILES string of the molecule is CC(O)CCNC(=O)CCc1ncc(-c2ccc(F)cc2)o1. The van der Waals surface area contributed by atoms with E-state index in [-0.39, 0.29) is 18.1 Å². The standard InChI is InChI=1S/C16H19FN2O3/c1-11(20)8-9-18-15(21)6-7-16-19-10-14(22-16)12-2-4-13(17)5-3-12/h2-5,10-11,20H,6-9H2,1H3,(H,18,21). The molecule has 6 heteroatoms. The molecule has 0 saturated carbocycles. The third kappa shape index (κ3) is 4.96. The predicted molar refractivity (Wildman–Crippen MR) is 79.5 cm³/mol. The Kier molecular flexibility index (Phi) is 5.66. The summed E-state index contributed by atoms with van der Waals surface area (Å²) in [5.74, 6) is 0.592. The predicted octanol–water partition coefficient (Wildman–Crippen LogP) is 2.30. The quantitative estimate of drug-likeness (QED) is 0.823. The van der Waals surface area contributed by atoms with Gasteiger partial charge in [-0.3, -0.25) is 4.79 Å². The molecule has 1 aromatic heterocycles. The van der Waals surface area contributed by atoms with Crippen molar-refractivity contribution in [2.75, 3.05) is 6.54 Å². The molecule has 2 N–H and O–H groups in total. The molecule has 0 aliphatic carbocycles. The zero-order valence-electron chi connectivity index (χ0n) is 12.4. The van der Waals surface area contributed by atoms with Crippen molar-refractivity contribution in [1.29, 1.82) is 0 Å². The van der Waals surface area contributed by atoms with Crippen LogP contribution in [0.25, 0.3) is 11.3 Å². The van der Waals surface area contributed by atoms with Gasteiger partial charge in [-0.25, -0.2) is 9.37 Å². The molecule has 0 aliphatic heterocycles. The van der Waals surface area contributed by atoms with Crippen LogP contribution < -0.4 is 5.32 Å². The number of aromatic nitrogens is 1. The van der Waals surface area contributed by atoms with E-state index in [1.54, 1.807) is 25.3 Å². The fourth-order valence-corrected chi connectivity index (χ4v) is 1.90. The summed E-state index contributed by atoms with van der Waals surface area (Å²) in [5, 5.41) is 11.8. The molecule has 1 amide bonds. The Bertz CT molecular complexity index is 608. The highest BCUT2D eigenvalue weighted by Gasteiger charge is 2.09. The van der Waals surface area contributed by atoms with Gasteiger partial charge in [-0.05, 0) is 37.6 Å². The summed E-state index contributed by atoms with van der Waals surface area (Å²) in [5.41, 5.74) is 0.738. The molecule has 118 valence electrons. The Labute approximate surface area is 128 Å². The van der Waals surface area contributed by atoms with Crippen LogP contribution >= 0.6 is 0 Å². The van der Waals surface area contributed by atoms with Gasteiger partial charge in [-0.2, -0.15) is 0 Å². The van der Waals surface area contributed by atoms with E-state index in [0.29, 0.717) is 31.0 Å². The number of hydrogen-bond acceptors (Lipinski definition) is 4. The molecule has 2 rings (SSSR count). The Morgan fingerprint density at radius 2 is 2.14 bits per heavy atom. The van der Waals surface area contributed by atoms with Crippen molar-refractivity contribution < 1.29 is 18.7 Å². The van der Waals surface area contributed by atoms with Crippen LogP contribution in [-0.2, 0) is 11.2 Å². The van der Waals surface area contributed by atoms with Crippen LogP contribution in [0.5, 0.6) is 0 Å². The molecule has 2 aromatic rings. The first-order valence-electron chi connectivity index (χ1n) is 7.20. The van der Waals surface area contributed by atoms with Gasteiger partial charge in [0.2, 0.25) is 5.91 Å². The highest BCUT2D eigenvalue weighted by molar-refractivity contribution is 5.76. The number of benzene rings is 1. The zero-order valence-corrected chi connectivity index (χ0v) is 12.4. The van der Waals surface area contributed by atoms with Gasteiger partial charge < -0.3 is 14.8 Å². The number of aryl methyl sites for hydroxylation is 1. The number of carbonyl (C=O) groups excluding carboxylic acids is 1. The van der Waals surface area contributed by atoms with Gasteiger partial charge in [0.1, 0.15) is 5.82 Å². The summed E-state index contributed by atoms with van der Waals surface area (Å²) < 4.78 is 18.4. The third-order valence-corrected chi connectivity index (χ3v) is 3.13. The Morgan fingerprint density at radius 3 is 2.82 bits per heavy atom. The van der Waals surface area contributed by atoms with Crippen LogP contribution in [-0.4, -0.2) is 28.6 Å². The second-order valence-corrected chi connectivity index (χ2v) is 5.11. The average Bonchev–Trinajstić information content (AvgIpc) is 2.94. The summed E-state index contributed by atoms with van der Waals surface area (Å²) in [6, 6.07) is 5.94. The largest absolute Gasteiger partial charge is 0.441 e. The normalized spacial score (nSPS) is 12.1. The fraction of sp³-hybridized carbons (Fsp3) is 0.375. The smallest absolute Gasteiger partial charge is 0.220 e. The molecule has 0 radical (unpaired) electrons. The first-order chi connectivity index (χ1) is 10.5. The molecule has 1 heterocycles. The van der Waals surface area contributed by atoms with E-state index >= 15 is 0 Å². The van der Waals surface area contributed by atoms with Crippen LogP contribution in [0.4, 0.5) is 4.39 Å². The molecule has 0 aliphatic rings. The number of oxazole rings is 1. The molecule has 5 nitrogen and oxygen atoms in total. The number of aliphatic hydroxyl groups is 1. The molecule has 1 unspecified atom stereocenters. The second-order valence-electron chi connectivity index (χ2n) is 5.11. The number of amides is 1. The number of nitrogens with one attached hydrogen (secondary N) is 1. The lowest BCUT2D eigenvalue weighted by molar-refractivity contribution is -0.121. The van der Waals surface area contributed by atoms with Gasteiger partial charge in [-0.15, -0.1) is 0 Å². The van der Waals surface area contributed by atoms with Crippen LogP contribution in [0.15, 0.2) is 34.9 Å². The van der Waals surface area contributed by atoms with E-state index < -0.39 is 6.10 Å². The van der Waals surface area contributed by atoms with E-state index in [1.165, 1.54) is 12.1 Å². The van der Waals surface area contributed by atoms with E-state index in [0.717, 1.165) is 5.56 Å². The van der Waals surface area contributed by atoms with E-state index in [1.807, 2.05) is 0 Å². The van der Waals surface area contributed by atoms with Gasteiger partial charge in [0, 0.05) is 24.9 Å². The number of hydrogen-bond donors (Lipinski definition) is 2. The van der Waals surface area contributed by atoms with Crippen LogP contribution in [0.1, 0.15) is 25.7 Å². The molecular formula is C16H19FN2O3. The lowest BCUT2D eigenvalue weighted by atomic mass is 10.2. The van der Waals surface area contributed by atoms with Gasteiger partial charge in [0.25, 0.3) is 0 Å². The molecule has 0 spiro atoms. The monoisotopic (exact) mass is 306 g/mol. The summed E-state index contributed by atoms with van der Waals surface area (Å²) in [6.45, 7) is 2.12. The second kappa shape index (κ2) is 7.70. The summed E-state index contributed by atoms with van der Waals surface area (Å²) in [4.78, 5) is 15.7. The molecule has 0 bridgehead atoms. The van der Waals surface area contributed by atoms with Crippen LogP contribution in [0.3, 0.4) is 0 Å². The molecule has 1 atom stereocenters. The maximum absolute atomic E-state index is 12.9. The summed E-state index contributed by atoms with van der Waals surface area (Å²) in [7, 11) is 0. The van der Waals surface area contributed by atoms with Gasteiger partial charge >= 0.3 is 0 Å². The Morgan fingerprint density at radius 1 is 1.41 bits per heavy atom. The van der Waals surface area contributed by atoms with Crippen molar-refractivity contribution in [1.82, 2.24) is 10.3 Å². The van der Waals surface area contributed by atoms with Crippen molar-refractivity contribution in [3.05, 3.63) is 42.2 Å². The Hall–Kier alpha value is -2.21. The van der Waals surface area contributed by atoms with E-state index in [2.05, 4.69) is 10.3 Å².